The third kappa shape index (κ3) is 5.95. The maximum absolute atomic E-state index is 14.1. The van der Waals surface area contributed by atoms with Crippen molar-refractivity contribution in [3.05, 3.63) is 70.4 Å². The number of aromatic nitrogens is 4. The Bertz CT molecular complexity index is 1550. The average Bonchev–Trinajstić information content (AvgIpc) is 3.61. The van der Waals surface area contributed by atoms with Gasteiger partial charge in [-0.25, -0.2) is 9.07 Å². The molecule has 3 aromatic rings. The molecular formula is C32H39FN8O3. The molecule has 3 saturated heterocycles. The molecule has 0 aliphatic carbocycles. The summed E-state index contributed by atoms with van der Waals surface area (Å²) in [5, 5.41) is 16.1. The number of benzene rings is 1. The molecular weight excluding hydrogens is 563 g/mol. The molecule has 2 aromatic heterocycles. The lowest BCUT2D eigenvalue weighted by atomic mass is 9.97. The Balaban J connectivity index is 1.06. The Morgan fingerprint density at radius 3 is 2.32 bits per heavy atom. The lowest BCUT2D eigenvalue weighted by Crippen LogP contribution is -2.55. The van der Waals surface area contributed by atoms with E-state index in [4.69, 9.17) is 0 Å². The SMILES string of the molecule is CC(=O)N1CC(C(=O)NC(CCN2CC3CN(C(=O)c4c(C)nn(-c5ccc(C)nn5)c4C)C[C@@H]3C2)c2cccc(F)c2)C1. The minimum absolute atomic E-state index is 0.000449. The summed E-state index contributed by atoms with van der Waals surface area (Å²) in [6.45, 7) is 11.8. The summed E-state index contributed by atoms with van der Waals surface area (Å²) in [7, 11) is 0. The molecule has 0 spiro atoms. The first-order chi connectivity index (χ1) is 21.1. The van der Waals surface area contributed by atoms with Crippen LogP contribution in [-0.2, 0) is 9.59 Å². The third-order valence-electron chi connectivity index (χ3n) is 9.35. The molecule has 44 heavy (non-hydrogen) atoms. The van der Waals surface area contributed by atoms with Gasteiger partial charge in [0.1, 0.15) is 5.82 Å². The molecule has 11 nitrogen and oxygen atoms in total. The molecule has 3 aliphatic heterocycles. The minimum Gasteiger partial charge on any atom is -0.349 e. The lowest BCUT2D eigenvalue weighted by Gasteiger charge is -2.38. The first-order valence-electron chi connectivity index (χ1n) is 15.3. The highest BCUT2D eigenvalue weighted by Gasteiger charge is 2.43. The van der Waals surface area contributed by atoms with Gasteiger partial charge >= 0.3 is 0 Å². The van der Waals surface area contributed by atoms with Gasteiger partial charge < -0.3 is 20.0 Å². The van der Waals surface area contributed by atoms with Crippen LogP contribution < -0.4 is 5.32 Å². The predicted octanol–water partition coefficient (Wildman–Crippen LogP) is 2.46. The maximum Gasteiger partial charge on any atom is 0.257 e. The average molecular weight is 603 g/mol. The van der Waals surface area contributed by atoms with E-state index < -0.39 is 0 Å². The minimum atomic E-state index is -0.337. The van der Waals surface area contributed by atoms with Gasteiger partial charge in [0, 0.05) is 52.7 Å². The molecule has 0 radical (unpaired) electrons. The predicted molar refractivity (Wildman–Crippen MR) is 160 cm³/mol. The molecule has 5 heterocycles. The van der Waals surface area contributed by atoms with Crippen molar-refractivity contribution in [2.24, 2.45) is 17.8 Å². The zero-order valence-electron chi connectivity index (χ0n) is 25.7. The summed E-state index contributed by atoms with van der Waals surface area (Å²) in [5.41, 5.74) is 3.60. The van der Waals surface area contributed by atoms with Crippen molar-refractivity contribution < 1.29 is 18.8 Å². The highest BCUT2D eigenvalue weighted by molar-refractivity contribution is 5.96. The smallest absolute Gasteiger partial charge is 0.257 e. The molecule has 1 aromatic carbocycles. The van der Waals surface area contributed by atoms with Crippen molar-refractivity contribution >= 4 is 17.7 Å². The molecule has 3 fully saturated rings. The molecule has 0 bridgehead atoms. The molecule has 2 unspecified atom stereocenters. The molecule has 6 rings (SSSR count). The van der Waals surface area contributed by atoms with Gasteiger partial charge in [-0.1, -0.05) is 12.1 Å². The van der Waals surface area contributed by atoms with E-state index in [0.29, 0.717) is 61.5 Å². The van der Waals surface area contributed by atoms with Gasteiger partial charge in [0.15, 0.2) is 5.82 Å². The van der Waals surface area contributed by atoms with Crippen molar-refractivity contribution in [3.63, 3.8) is 0 Å². The summed E-state index contributed by atoms with van der Waals surface area (Å²) >= 11 is 0. The number of amides is 3. The van der Waals surface area contributed by atoms with E-state index in [2.05, 4.69) is 25.5 Å². The van der Waals surface area contributed by atoms with Crippen LogP contribution in [0.5, 0.6) is 0 Å². The Kier molecular flexibility index (Phi) is 8.19. The van der Waals surface area contributed by atoms with Crippen molar-refractivity contribution in [1.29, 1.82) is 0 Å². The van der Waals surface area contributed by atoms with Gasteiger partial charge in [-0.2, -0.15) is 10.2 Å². The van der Waals surface area contributed by atoms with Crippen LogP contribution in [0.3, 0.4) is 0 Å². The number of hydrogen-bond donors (Lipinski definition) is 1. The van der Waals surface area contributed by atoms with Crippen LogP contribution in [0.1, 0.15) is 52.4 Å². The zero-order valence-corrected chi connectivity index (χ0v) is 25.7. The first kappa shape index (κ1) is 29.9. The van der Waals surface area contributed by atoms with Gasteiger partial charge in [0.2, 0.25) is 11.8 Å². The normalized spacial score (nSPS) is 20.8. The van der Waals surface area contributed by atoms with Crippen molar-refractivity contribution in [1.82, 2.24) is 40.0 Å². The van der Waals surface area contributed by atoms with Gasteiger partial charge in [-0.05, 0) is 68.9 Å². The van der Waals surface area contributed by atoms with E-state index in [-0.39, 0.29) is 35.5 Å². The number of rotatable bonds is 8. The van der Waals surface area contributed by atoms with Crippen LogP contribution in [0.2, 0.25) is 0 Å². The summed E-state index contributed by atoms with van der Waals surface area (Å²) in [4.78, 5) is 44.2. The van der Waals surface area contributed by atoms with E-state index in [0.717, 1.165) is 36.6 Å². The number of likely N-dealkylation sites (tertiary alicyclic amines) is 3. The fraction of sp³-hybridized carbons (Fsp3) is 0.500. The molecule has 1 N–H and O–H groups in total. The standard InChI is InChI=1S/C32H39FN8O3/c1-19-8-9-29(36-35-19)41-21(3)30(20(2)37-41)32(44)40-15-24-13-38(14-25(24)16-40)11-10-28(23-6-5-7-27(33)12-23)34-31(43)26-17-39(18-26)22(4)42/h5-9,12,24-26,28H,10-11,13-18H2,1-4H3,(H,34,43)/t24-,25?,28?/m0/s1. The van der Waals surface area contributed by atoms with Crippen LogP contribution in [-0.4, -0.2) is 98.2 Å². The summed E-state index contributed by atoms with van der Waals surface area (Å²) in [5.74, 6) is 0.605. The van der Waals surface area contributed by atoms with Crippen molar-refractivity contribution in [2.45, 2.75) is 40.2 Å². The molecule has 232 valence electrons. The van der Waals surface area contributed by atoms with Crippen molar-refractivity contribution in [3.8, 4) is 5.82 Å². The van der Waals surface area contributed by atoms with Crippen LogP contribution in [0.15, 0.2) is 36.4 Å². The second-order valence-corrected chi connectivity index (χ2v) is 12.5. The fourth-order valence-corrected chi connectivity index (χ4v) is 6.83. The maximum atomic E-state index is 14.1. The molecule has 12 heteroatoms. The second kappa shape index (κ2) is 12.1. The lowest BCUT2D eigenvalue weighted by molar-refractivity contribution is -0.141. The Morgan fingerprint density at radius 1 is 0.955 bits per heavy atom. The summed E-state index contributed by atoms with van der Waals surface area (Å²) in [6, 6.07) is 9.79. The first-order valence-corrected chi connectivity index (χ1v) is 15.3. The number of fused-ring (bicyclic) bond motifs is 1. The topological polar surface area (TPSA) is 117 Å². The fourth-order valence-electron chi connectivity index (χ4n) is 6.83. The number of nitrogens with zero attached hydrogens (tertiary/aromatic N) is 7. The summed E-state index contributed by atoms with van der Waals surface area (Å²) < 4.78 is 15.8. The van der Waals surface area contributed by atoms with Crippen LogP contribution in [0.4, 0.5) is 4.39 Å². The van der Waals surface area contributed by atoms with Crippen LogP contribution in [0.25, 0.3) is 5.82 Å². The third-order valence-corrected chi connectivity index (χ3v) is 9.35. The Morgan fingerprint density at radius 2 is 1.68 bits per heavy atom. The second-order valence-electron chi connectivity index (χ2n) is 12.5. The van der Waals surface area contributed by atoms with Gasteiger partial charge in [-0.3, -0.25) is 14.4 Å². The zero-order chi connectivity index (χ0) is 31.1. The Labute approximate surface area is 256 Å². The molecule has 3 amide bonds. The van der Waals surface area contributed by atoms with Gasteiger partial charge in [-0.15, -0.1) is 5.10 Å². The van der Waals surface area contributed by atoms with E-state index in [1.165, 1.54) is 19.1 Å². The highest BCUT2D eigenvalue weighted by atomic mass is 19.1. The van der Waals surface area contributed by atoms with Crippen molar-refractivity contribution in [2.75, 3.05) is 45.8 Å². The highest BCUT2D eigenvalue weighted by Crippen LogP contribution is 2.33. The van der Waals surface area contributed by atoms with E-state index in [1.54, 1.807) is 15.6 Å². The number of aryl methyl sites for hydroxylation is 2. The van der Waals surface area contributed by atoms with Crippen LogP contribution >= 0.6 is 0 Å². The van der Waals surface area contributed by atoms with Gasteiger partial charge in [0.25, 0.3) is 5.91 Å². The number of carbonyl (C=O) groups is 3. The number of nitrogens with one attached hydrogen (secondary N) is 1. The number of hydrogen-bond acceptors (Lipinski definition) is 7. The quantitative estimate of drug-likeness (QED) is 0.421. The number of halogens is 1. The van der Waals surface area contributed by atoms with E-state index in [9.17, 15) is 18.8 Å². The molecule has 0 saturated carbocycles. The van der Waals surface area contributed by atoms with Gasteiger partial charge in [0.05, 0.1) is 34.6 Å². The number of carbonyl (C=O) groups excluding carboxylic acids is 3. The van der Waals surface area contributed by atoms with Crippen LogP contribution in [0, 0.1) is 44.3 Å². The summed E-state index contributed by atoms with van der Waals surface area (Å²) in [6.07, 6.45) is 0.639. The van der Waals surface area contributed by atoms with E-state index in [1.807, 2.05) is 43.9 Å². The Hall–Kier alpha value is -4.19. The van der Waals surface area contributed by atoms with E-state index >= 15 is 0 Å². The largest absolute Gasteiger partial charge is 0.349 e. The monoisotopic (exact) mass is 602 g/mol. The molecule has 3 aliphatic rings. The molecule has 3 atom stereocenters.